The van der Waals surface area contributed by atoms with E-state index in [9.17, 15) is 0 Å². The molecule has 2 N–H and O–H groups in total. The van der Waals surface area contributed by atoms with Crippen molar-refractivity contribution in [3.8, 4) is 0 Å². The summed E-state index contributed by atoms with van der Waals surface area (Å²) in [5, 5.41) is 6.65. The van der Waals surface area contributed by atoms with Crippen LogP contribution < -0.4 is 10.6 Å². The van der Waals surface area contributed by atoms with Crippen molar-refractivity contribution < 1.29 is 4.74 Å². The molecule has 1 rings (SSSR count). The first kappa shape index (κ1) is 23.3. The van der Waals surface area contributed by atoms with Gasteiger partial charge in [-0.15, -0.1) is 30.6 Å². The van der Waals surface area contributed by atoms with E-state index in [4.69, 9.17) is 4.74 Å². The average Bonchev–Trinajstić information content (AvgIpc) is 2.58. The van der Waals surface area contributed by atoms with Gasteiger partial charge in [-0.2, -0.15) is 11.8 Å². The fraction of sp³-hybridized carbons (Fsp3) is 0.500. The number of thioether (sulfide) groups is 1. The number of nitrogens with zero attached hydrogens (tertiary/aromatic N) is 1. The zero-order valence-corrected chi connectivity index (χ0v) is 17.8. The lowest BCUT2D eigenvalue weighted by Gasteiger charge is -2.16. The van der Waals surface area contributed by atoms with Crippen LogP contribution in [0.5, 0.6) is 0 Å². The molecule has 0 heterocycles. The van der Waals surface area contributed by atoms with Crippen LogP contribution in [-0.2, 0) is 11.3 Å². The number of hydrogen-bond donors (Lipinski definition) is 2. The predicted molar refractivity (Wildman–Crippen MR) is 118 cm³/mol. The Balaban J connectivity index is 0.00000529. The molecule has 0 aliphatic carbocycles. The molecule has 0 spiro atoms. The van der Waals surface area contributed by atoms with Crippen molar-refractivity contribution in [3.63, 3.8) is 0 Å². The van der Waals surface area contributed by atoms with Crippen LogP contribution in [0, 0.1) is 5.92 Å². The summed E-state index contributed by atoms with van der Waals surface area (Å²) in [6.07, 6.45) is 1.93. The van der Waals surface area contributed by atoms with Gasteiger partial charge in [0.2, 0.25) is 0 Å². The zero-order valence-electron chi connectivity index (χ0n) is 14.7. The van der Waals surface area contributed by atoms with Crippen LogP contribution in [0.1, 0.15) is 12.5 Å². The van der Waals surface area contributed by atoms with Crippen molar-refractivity contribution in [1.29, 1.82) is 0 Å². The summed E-state index contributed by atoms with van der Waals surface area (Å²) in [7, 11) is 1.79. The summed E-state index contributed by atoms with van der Waals surface area (Å²) in [6, 6.07) is 10.3. The maximum Gasteiger partial charge on any atom is 0.191 e. The fourth-order valence-electron chi connectivity index (χ4n) is 1.91. The highest BCUT2D eigenvalue weighted by atomic mass is 127. The molecule has 0 amide bonds. The van der Waals surface area contributed by atoms with Crippen molar-refractivity contribution in [3.05, 3.63) is 48.6 Å². The molecular formula is C18H30IN3OS. The number of ether oxygens (including phenoxy) is 1. The van der Waals surface area contributed by atoms with Gasteiger partial charge in [0.05, 0.1) is 13.2 Å². The maximum atomic E-state index is 5.76. The molecule has 0 radical (unpaired) electrons. The second-order valence-corrected chi connectivity index (χ2v) is 6.50. The van der Waals surface area contributed by atoms with Crippen molar-refractivity contribution in [1.82, 2.24) is 10.6 Å². The number of guanidine groups is 1. The Labute approximate surface area is 167 Å². The summed E-state index contributed by atoms with van der Waals surface area (Å²) < 4.78 is 5.76. The van der Waals surface area contributed by atoms with E-state index in [0.717, 1.165) is 37.2 Å². The smallest absolute Gasteiger partial charge is 0.191 e. The minimum atomic E-state index is 0. The first-order valence-electron chi connectivity index (χ1n) is 8.01. The van der Waals surface area contributed by atoms with Crippen LogP contribution in [0.4, 0.5) is 0 Å². The van der Waals surface area contributed by atoms with E-state index in [2.05, 4.69) is 41.3 Å². The van der Waals surface area contributed by atoms with Gasteiger partial charge in [0.15, 0.2) is 5.96 Å². The fourth-order valence-corrected chi connectivity index (χ4v) is 2.49. The van der Waals surface area contributed by atoms with Gasteiger partial charge in [-0.25, -0.2) is 0 Å². The van der Waals surface area contributed by atoms with E-state index in [0.29, 0.717) is 12.5 Å². The molecule has 1 atom stereocenters. The lowest BCUT2D eigenvalue weighted by atomic mass is 10.2. The lowest BCUT2D eigenvalue weighted by Crippen LogP contribution is -2.40. The molecule has 0 saturated carbocycles. The van der Waals surface area contributed by atoms with E-state index in [-0.39, 0.29) is 24.0 Å². The number of benzene rings is 1. The first-order chi connectivity index (χ1) is 11.3. The molecule has 0 fully saturated rings. The molecule has 0 aromatic heterocycles. The van der Waals surface area contributed by atoms with E-state index in [1.807, 2.05) is 36.0 Å². The van der Waals surface area contributed by atoms with Crippen LogP contribution in [-0.4, -0.2) is 44.2 Å². The Hall–Kier alpha value is -0.730. The van der Waals surface area contributed by atoms with E-state index in [1.165, 1.54) is 5.56 Å². The highest BCUT2D eigenvalue weighted by Crippen LogP contribution is 2.03. The summed E-state index contributed by atoms with van der Waals surface area (Å²) in [5.41, 5.74) is 1.21. The van der Waals surface area contributed by atoms with E-state index < -0.39 is 0 Å². The molecule has 1 unspecified atom stereocenters. The normalized spacial score (nSPS) is 12.2. The van der Waals surface area contributed by atoms with Crippen LogP contribution in [0.25, 0.3) is 0 Å². The molecular weight excluding hydrogens is 433 g/mol. The Morgan fingerprint density at radius 3 is 2.75 bits per heavy atom. The third-order valence-corrected chi connectivity index (χ3v) is 4.09. The van der Waals surface area contributed by atoms with Crippen LogP contribution in [0.2, 0.25) is 0 Å². The molecule has 6 heteroatoms. The molecule has 24 heavy (non-hydrogen) atoms. The molecule has 1 aromatic rings. The quantitative estimate of drug-likeness (QED) is 0.173. The molecule has 0 aliphatic heterocycles. The summed E-state index contributed by atoms with van der Waals surface area (Å²) in [4.78, 5) is 4.23. The summed E-state index contributed by atoms with van der Waals surface area (Å²) in [5.74, 6) is 3.30. The molecule has 0 bridgehead atoms. The van der Waals surface area contributed by atoms with Crippen LogP contribution in [0.3, 0.4) is 0 Å². The van der Waals surface area contributed by atoms with Gasteiger partial charge in [-0.1, -0.05) is 43.3 Å². The van der Waals surface area contributed by atoms with Crippen molar-refractivity contribution >= 4 is 41.7 Å². The third kappa shape index (κ3) is 11.8. The Bertz CT molecular complexity index is 457. The van der Waals surface area contributed by atoms with Gasteiger partial charge in [-0.3, -0.25) is 4.99 Å². The Kier molecular flexibility index (Phi) is 15.3. The first-order valence-corrected chi connectivity index (χ1v) is 9.16. The summed E-state index contributed by atoms with van der Waals surface area (Å²) >= 11 is 1.86. The molecule has 4 nitrogen and oxygen atoms in total. The number of nitrogens with one attached hydrogen (secondary N) is 2. The topological polar surface area (TPSA) is 45.7 Å². The maximum absolute atomic E-state index is 5.76. The Morgan fingerprint density at radius 1 is 1.33 bits per heavy atom. The van der Waals surface area contributed by atoms with Gasteiger partial charge < -0.3 is 15.4 Å². The monoisotopic (exact) mass is 463 g/mol. The minimum Gasteiger partial charge on any atom is -0.376 e. The SMILES string of the molecule is C=CCSCCNC(=NC)NCC(C)COCc1ccccc1.I. The van der Waals surface area contributed by atoms with Gasteiger partial charge >= 0.3 is 0 Å². The minimum absolute atomic E-state index is 0. The van der Waals surface area contributed by atoms with Crippen LogP contribution >= 0.6 is 35.7 Å². The second-order valence-electron chi connectivity index (χ2n) is 5.35. The number of halogens is 1. The second kappa shape index (κ2) is 15.8. The highest BCUT2D eigenvalue weighted by molar-refractivity contribution is 14.0. The highest BCUT2D eigenvalue weighted by Gasteiger charge is 2.04. The van der Waals surface area contributed by atoms with Gasteiger partial charge in [-0.05, 0) is 11.5 Å². The zero-order chi connectivity index (χ0) is 16.8. The largest absolute Gasteiger partial charge is 0.376 e. The van der Waals surface area contributed by atoms with Gasteiger partial charge in [0, 0.05) is 31.6 Å². The van der Waals surface area contributed by atoms with Crippen molar-refractivity contribution in [2.24, 2.45) is 10.9 Å². The van der Waals surface area contributed by atoms with Crippen LogP contribution in [0.15, 0.2) is 48.0 Å². The molecule has 136 valence electrons. The van der Waals surface area contributed by atoms with Crippen molar-refractivity contribution in [2.75, 3.05) is 38.2 Å². The molecule has 0 aliphatic rings. The molecule has 0 saturated heterocycles. The van der Waals surface area contributed by atoms with E-state index >= 15 is 0 Å². The summed E-state index contributed by atoms with van der Waals surface area (Å²) in [6.45, 7) is 9.02. The lowest BCUT2D eigenvalue weighted by molar-refractivity contribution is 0.0931. The van der Waals surface area contributed by atoms with E-state index in [1.54, 1.807) is 7.05 Å². The predicted octanol–water partition coefficient (Wildman–Crippen LogP) is 3.54. The van der Waals surface area contributed by atoms with Gasteiger partial charge in [0.1, 0.15) is 0 Å². The Morgan fingerprint density at radius 2 is 2.08 bits per heavy atom. The third-order valence-electron chi connectivity index (χ3n) is 3.13. The van der Waals surface area contributed by atoms with Gasteiger partial charge in [0.25, 0.3) is 0 Å². The molecule has 1 aromatic carbocycles. The standard InChI is InChI=1S/C18H29N3OS.HI/c1-4-11-23-12-10-20-18(19-3)21-13-16(2)14-22-15-17-8-6-5-7-9-17;/h4-9,16H,1,10-15H2,2-3H3,(H2,19,20,21);1H. The number of rotatable bonds is 11. The number of aliphatic imine (C=N–C) groups is 1. The number of hydrogen-bond acceptors (Lipinski definition) is 3. The average molecular weight is 463 g/mol. The van der Waals surface area contributed by atoms with Crippen molar-refractivity contribution in [2.45, 2.75) is 13.5 Å².